The van der Waals surface area contributed by atoms with Gasteiger partial charge in [0.15, 0.2) is 6.29 Å². The van der Waals surface area contributed by atoms with E-state index in [1.807, 2.05) is 6.07 Å². The maximum atomic E-state index is 11.1. The number of carbonyl (C=O) groups is 1. The first-order chi connectivity index (χ1) is 8.28. The summed E-state index contributed by atoms with van der Waals surface area (Å²) in [6, 6.07) is 8.39. The van der Waals surface area contributed by atoms with Crippen molar-refractivity contribution in [1.29, 1.82) is 0 Å². The lowest BCUT2D eigenvalue weighted by atomic mass is 9.85. The van der Waals surface area contributed by atoms with Gasteiger partial charge in [-0.1, -0.05) is 18.6 Å². The van der Waals surface area contributed by atoms with Crippen molar-refractivity contribution in [2.45, 2.75) is 32.7 Å². The van der Waals surface area contributed by atoms with E-state index in [9.17, 15) is 4.79 Å². The van der Waals surface area contributed by atoms with Crippen LogP contribution in [0.2, 0.25) is 0 Å². The quantitative estimate of drug-likeness (QED) is 0.735. The zero-order valence-electron chi connectivity index (χ0n) is 10.1. The van der Waals surface area contributed by atoms with Crippen molar-refractivity contribution in [2.24, 2.45) is 5.92 Å². The number of hydrogen-bond acceptors (Lipinski definition) is 1. The highest BCUT2D eigenvalue weighted by Gasteiger charge is 2.20. The molecule has 0 atom stereocenters. The fourth-order valence-electron chi connectivity index (χ4n) is 2.62. The standard InChI is InChI=1S/C15H17NO/c1-11-5-6-13-8-14(10-17)16(15(13)7-11)9-12-3-2-4-12/h5-8,10,12H,2-4,9H2,1H3. The molecule has 0 spiro atoms. The van der Waals surface area contributed by atoms with Crippen molar-refractivity contribution in [2.75, 3.05) is 0 Å². The summed E-state index contributed by atoms with van der Waals surface area (Å²) in [6.45, 7) is 3.10. The van der Waals surface area contributed by atoms with Gasteiger partial charge in [-0.3, -0.25) is 4.79 Å². The van der Waals surface area contributed by atoms with Gasteiger partial charge >= 0.3 is 0 Å². The summed E-state index contributed by atoms with van der Waals surface area (Å²) >= 11 is 0. The van der Waals surface area contributed by atoms with Crippen molar-refractivity contribution in [1.82, 2.24) is 4.57 Å². The number of aromatic nitrogens is 1. The van der Waals surface area contributed by atoms with Gasteiger partial charge in [0.1, 0.15) is 0 Å². The second-order valence-corrected chi connectivity index (χ2v) is 5.16. The molecule has 2 nitrogen and oxygen atoms in total. The molecule has 0 radical (unpaired) electrons. The van der Waals surface area contributed by atoms with Gasteiger partial charge in [-0.25, -0.2) is 0 Å². The Morgan fingerprint density at radius 2 is 2.18 bits per heavy atom. The maximum absolute atomic E-state index is 11.1. The molecule has 2 aromatic rings. The molecule has 0 N–H and O–H groups in total. The van der Waals surface area contributed by atoms with Gasteiger partial charge in [0.2, 0.25) is 0 Å². The van der Waals surface area contributed by atoms with Gasteiger partial charge in [-0.05, 0) is 43.4 Å². The molecule has 0 aliphatic heterocycles. The molecule has 1 heterocycles. The number of carbonyl (C=O) groups excluding carboxylic acids is 1. The summed E-state index contributed by atoms with van der Waals surface area (Å²) in [4.78, 5) is 11.1. The summed E-state index contributed by atoms with van der Waals surface area (Å²) in [5.41, 5.74) is 3.28. The predicted octanol–water partition coefficient (Wildman–Crippen LogP) is 3.56. The van der Waals surface area contributed by atoms with E-state index in [4.69, 9.17) is 0 Å². The van der Waals surface area contributed by atoms with Crippen molar-refractivity contribution >= 4 is 17.2 Å². The zero-order chi connectivity index (χ0) is 11.8. The van der Waals surface area contributed by atoms with E-state index in [1.54, 1.807) is 0 Å². The third-order valence-corrected chi connectivity index (χ3v) is 3.88. The number of rotatable bonds is 3. The average molecular weight is 227 g/mol. The number of aldehydes is 1. The molecular weight excluding hydrogens is 210 g/mol. The van der Waals surface area contributed by atoms with Crippen LogP contribution in [0.3, 0.4) is 0 Å². The first kappa shape index (κ1) is 10.6. The number of fused-ring (bicyclic) bond motifs is 1. The number of hydrogen-bond donors (Lipinski definition) is 0. The van der Waals surface area contributed by atoms with Crippen LogP contribution in [-0.4, -0.2) is 10.9 Å². The van der Waals surface area contributed by atoms with Crippen molar-refractivity contribution in [3.63, 3.8) is 0 Å². The molecule has 0 saturated heterocycles. The molecule has 1 fully saturated rings. The smallest absolute Gasteiger partial charge is 0.166 e. The number of nitrogens with zero attached hydrogens (tertiary/aromatic N) is 1. The van der Waals surface area contributed by atoms with Crippen LogP contribution in [0.1, 0.15) is 35.3 Å². The molecule has 0 bridgehead atoms. The molecule has 0 amide bonds. The van der Waals surface area contributed by atoms with E-state index in [-0.39, 0.29) is 0 Å². The molecule has 1 aliphatic rings. The lowest BCUT2D eigenvalue weighted by molar-refractivity contribution is 0.111. The van der Waals surface area contributed by atoms with Gasteiger partial charge in [-0.15, -0.1) is 0 Å². The van der Waals surface area contributed by atoms with Crippen LogP contribution < -0.4 is 0 Å². The fraction of sp³-hybridized carbons (Fsp3) is 0.400. The molecule has 88 valence electrons. The minimum absolute atomic E-state index is 0.768. The van der Waals surface area contributed by atoms with E-state index in [0.717, 1.165) is 24.4 Å². The van der Waals surface area contributed by atoms with Gasteiger partial charge in [-0.2, -0.15) is 0 Å². The first-order valence-corrected chi connectivity index (χ1v) is 6.33. The largest absolute Gasteiger partial charge is 0.338 e. The van der Waals surface area contributed by atoms with Crippen molar-refractivity contribution < 1.29 is 4.79 Å². The third-order valence-electron chi connectivity index (χ3n) is 3.88. The van der Waals surface area contributed by atoms with Gasteiger partial charge in [0, 0.05) is 17.4 Å². The summed E-state index contributed by atoms with van der Waals surface area (Å²) in [5, 5.41) is 1.18. The highest BCUT2D eigenvalue weighted by Crippen LogP contribution is 2.30. The highest BCUT2D eigenvalue weighted by molar-refractivity contribution is 5.89. The van der Waals surface area contributed by atoms with Crippen LogP contribution in [0.25, 0.3) is 10.9 Å². The lowest BCUT2D eigenvalue weighted by Gasteiger charge is -2.26. The molecule has 1 aromatic heterocycles. The van der Waals surface area contributed by atoms with Crippen LogP contribution in [0.4, 0.5) is 0 Å². The Morgan fingerprint density at radius 3 is 2.82 bits per heavy atom. The molecule has 3 rings (SSSR count). The Bertz CT molecular complexity index is 564. The zero-order valence-corrected chi connectivity index (χ0v) is 10.1. The van der Waals surface area contributed by atoms with Crippen LogP contribution in [0.15, 0.2) is 24.3 Å². The SMILES string of the molecule is Cc1ccc2cc(C=O)n(CC3CCC3)c2c1. The molecule has 1 aromatic carbocycles. The van der Waals surface area contributed by atoms with E-state index < -0.39 is 0 Å². The Kier molecular flexibility index (Phi) is 2.50. The Morgan fingerprint density at radius 1 is 1.35 bits per heavy atom. The molecule has 17 heavy (non-hydrogen) atoms. The first-order valence-electron chi connectivity index (χ1n) is 6.33. The van der Waals surface area contributed by atoms with Crippen molar-refractivity contribution in [3.05, 3.63) is 35.5 Å². The summed E-state index contributed by atoms with van der Waals surface area (Å²) in [6.07, 6.45) is 4.95. The Labute approximate surface area is 101 Å². The highest BCUT2D eigenvalue weighted by atomic mass is 16.1. The van der Waals surface area contributed by atoms with Crippen LogP contribution >= 0.6 is 0 Å². The summed E-state index contributed by atoms with van der Waals surface area (Å²) in [7, 11) is 0. The van der Waals surface area contributed by atoms with E-state index in [1.165, 1.54) is 35.7 Å². The average Bonchev–Trinajstić information content (AvgIpc) is 2.61. The van der Waals surface area contributed by atoms with E-state index in [2.05, 4.69) is 29.7 Å². The normalized spacial score (nSPS) is 16.1. The number of aryl methyl sites for hydroxylation is 1. The Hall–Kier alpha value is -1.57. The van der Waals surface area contributed by atoms with Crippen LogP contribution in [0, 0.1) is 12.8 Å². The Balaban J connectivity index is 2.10. The molecule has 2 heteroatoms. The van der Waals surface area contributed by atoms with Crippen LogP contribution in [0.5, 0.6) is 0 Å². The summed E-state index contributed by atoms with van der Waals surface area (Å²) < 4.78 is 2.19. The summed E-state index contributed by atoms with van der Waals surface area (Å²) in [5.74, 6) is 0.768. The maximum Gasteiger partial charge on any atom is 0.166 e. The van der Waals surface area contributed by atoms with E-state index >= 15 is 0 Å². The van der Waals surface area contributed by atoms with Gasteiger partial charge in [0.05, 0.1) is 5.69 Å². The van der Waals surface area contributed by atoms with Crippen LogP contribution in [-0.2, 0) is 6.54 Å². The topological polar surface area (TPSA) is 22.0 Å². The lowest BCUT2D eigenvalue weighted by Crippen LogP contribution is -2.19. The van der Waals surface area contributed by atoms with Gasteiger partial charge < -0.3 is 4.57 Å². The monoisotopic (exact) mass is 227 g/mol. The fourth-order valence-corrected chi connectivity index (χ4v) is 2.62. The predicted molar refractivity (Wildman–Crippen MR) is 69.4 cm³/mol. The van der Waals surface area contributed by atoms with Gasteiger partial charge in [0.25, 0.3) is 0 Å². The number of benzene rings is 1. The second-order valence-electron chi connectivity index (χ2n) is 5.16. The third kappa shape index (κ3) is 1.78. The minimum atomic E-state index is 0.768. The molecule has 1 aliphatic carbocycles. The molecule has 1 saturated carbocycles. The van der Waals surface area contributed by atoms with Crippen molar-refractivity contribution in [3.8, 4) is 0 Å². The second kappa shape index (κ2) is 4.02. The molecule has 0 unspecified atom stereocenters. The minimum Gasteiger partial charge on any atom is -0.338 e. The molecular formula is C15H17NO. The van der Waals surface area contributed by atoms with E-state index in [0.29, 0.717) is 0 Å².